The summed E-state index contributed by atoms with van der Waals surface area (Å²) in [6.07, 6.45) is 2.67. The molecule has 0 radical (unpaired) electrons. The zero-order chi connectivity index (χ0) is 13.7. The minimum Gasteiger partial charge on any atom is -0.481 e. The van der Waals surface area contributed by atoms with Crippen molar-refractivity contribution in [3.05, 3.63) is 53.3 Å². The molecule has 2 rings (SSSR count). The van der Waals surface area contributed by atoms with Crippen molar-refractivity contribution in [3.8, 4) is 5.75 Å². The maximum Gasteiger partial charge on any atom is 0.265 e. The van der Waals surface area contributed by atoms with Gasteiger partial charge in [-0.1, -0.05) is 15.9 Å². The van der Waals surface area contributed by atoms with Gasteiger partial charge in [0.15, 0.2) is 6.10 Å². The highest BCUT2D eigenvalue weighted by Gasteiger charge is 2.14. The number of aromatic nitrogens is 1. The number of pyridine rings is 1. The molecular formula is C14H13BrN2O2. The maximum absolute atomic E-state index is 11.9. The molecule has 0 saturated carbocycles. The molecule has 19 heavy (non-hydrogen) atoms. The molecule has 0 aliphatic carbocycles. The van der Waals surface area contributed by atoms with Crippen LogP contribution < -0.4 is 10.1 Å². The summed E-state index contributed by atoms with van der Waals surface area (Å²) in [5.74, 6) is 0.453. The van der Waals surface area contributed by atoms with E-state index in [0.29, 0.717) is 11.4 Å². The Bertz CT molecular complexity index is 543. The zero-order valence-electron chi connectivity index (χ0n) is 10.3. The number of rotatable bonds is 4. The van der Waals surface area contributed by atoms with Gasteiger partial charge in [0, 0.05) is 22.6 Å². The monoisotopic (exact) mass is 320 g/mol. The molecule has 0 aliphatic rings. The fourth-order valence-electron chi connectivity index (χ4n) is 1.45. The molecule has 0 saturated heterocycles. The fourth-order valence-corrected chi connectivity index (χ4v) is 1.71. The molecule has 1 heterocycles. The number of hydrogen-bond acceptors (Lipinski definition) is 3. The Morgan fingerprint density at radius 2 is 1.84 bits per heavy atom. The van der Waals surface area contributed by atoms with Crippen molar-refractivity contribution in [2.24, 2.45) is 0 Å². The molecule has 1 atom stereocenters. The summed E-state index contributed by atoms with van der Waals surface area (Å²) in [7, 11) is 0. The number of carbonyl (C=O) groups excluding carboxylic acids is 1. The van der Waals surface area contributed by atoms with Crippen molar-refractivity contribution in [2.45, 2.75) is 13.0 Å². The Labute approximate surface area is 119 Å². The summed E-state index contributed by atoms with van der Waals surface area (Å²) in [4.78, 5) is 15.8. The van der Waals surface area contributed by atoms with Crippen LogP contribution in [0.2, 0.25) is 0 Å². The van der Waals surface area contributed by atoms with Gasteiger partial charge in [-0.05, 0) is 43.3 Å². The molecule has 1 aromatic heterocycles. The predicted molar refractivity (Wildman–Crippen MR) is 77.1 cm³/mol. The summed E-state index contributed by atoms with van der Waals surface area (Å²) in [5.41, 5.74) is 0.700. The third-order valence-corrected chi connectivity index (χ3v) is 2.97. The quantitative estimate of drug-likeness (QED) is 0.940. The van der Waals surface area contributed by atoms with Gasteiger partial charge in [0.1, 0.15) is 5.75 Å². The lowest BCUT2D eigenvalue weighted by molar-refractivity contribution is -0.122. The van der Waals surface area contributed by atoms with Gasteiger partial charge in [-0.2, -0.15) is 0 Å². The normalized spacial score (nSPS) is 11.7. The smallest absolute Gasteiger partial charge is 0.265 e. The van der Waals surface area contributed by atoms with E-state index < -0.39 is 6.10 Å². The highest BCUT2D eigenvalue weighted by molar-refractivity contribution is 9.10. The van der Waals surface area contributed by atoms with Gasteiger partial charge >= 0.3 is 0 Å². The lowest BCUT2D eigenvalue weighted by atomic mass is 10.3. The molecule has 1 N–H and O–H groups in total. The largest absolute Gasteiger partial charge is 0.481 e. The molecule has 0 unspecified atom stereocenters. The lowest BCUT2D eigenvalue weighted by Gasteiger charge is -2.14. The molecular weight excluding hydrogens is 308 g/mol. The summed E-state index contributed by atoms with van der Waals surface area (Å²) >= 11 is 3.34. The Morgan fingerprint density at radius 1 is 1.21 bits per heavy atom. The summed E-state index contributed by atoms with van der Waals surface area (Å²) in [6.45, 7) is 1.71. The number of hydrogen-bond donors (Lipinski definition) is 1. The number of amides is 1. The highest BCUT2D eigenvalue weighted by atomic mass is 79.9. The fraction of sp³-hybridized carbons (Fsp3) is 0.143. The molecule has 0 bridgehead atoms. The van der Waals surface area contributed by atoms with Crippen LogP contribution in [-0.4, -0.2) is 17.0 Å². The van der Waals surface area contributed by atoms with Gasteiger partial charge < -0.3 is 10.1 Å². The molecule has 5 heteroatoms. The van der Waals surface area contributed by atoms with E-state index in [1.165, 1.54) is 0 Å². The van der Waals surface area contributed by atoms with Gasteiger partial charge in [0.05, 0.1) is 0 Å². The van der Waals surface area contributed by atoms with Crippen molar-refractivity contribution in [2.75, 3.05) is 5.32 Å². The first-order valence-corrected chi connectivity index (χ1v) is 6.57. The van der Waals surface area contributed by atoms with Gasteiger partial charge in [0.2, 0.25) is 0 Å². The van der Waals surface area contributed by atoms with Crippen molar-refractivity contribution in [3.63, 3.8) is 0 Å². The maximum atomic E-state index is 11.9. The van der Waals surface area contributed by atoms with E-state index in [0.717, 1.165) is 4.47 Å². The Hall–Kier alpha value is -1.88. The second-order valence-electron chi connectivity index (χ2n) is 3.94. The van der Waals surface area contributed by atoms with E-state index in [1.807, 2.05) is 12.1 Å². The summed E-state index contributed by atoms with van der Waals surface area (Å²) in [6, 6.07) is 10.8. The van der Waals surface area contributed by atoms with Crippen LogP contribution in [0.5, 0.6) is 5.75 Å². The minimum absolute atomic E-state index is 0.200. The van der Waals surface area contributed by atoms with Crippen LogP contribution in [0.3, 0.4) is 0 Å². The number of nitrogens with zero attached hydrogens (tertiary/aromatic N) is 1. The lowest BCUT2D eigenvalue weighted by Crippen LogP contribution is -2.30. The molecule has 2 aromatic rings. The average Bonchev–Trinajstić information content (AvgIpc) is 2.42. The number of nitrogens with one attached hydrogen (secondary N) is 1. The molecule has 0 spiro atoms. The first-order valence-electron chi connectivity index (χ1n) is 5.78. The van der Waals surface area contributed by atoms with Crippen molar-refractivity contribution in [1.29, 1.82) is 0 Å². The van der Waals surface area contributed by atoms with Crippen molar-refractivity contribution in [1.82, 2.24) is 4.98 Å². The van der Waals surface area contributed by atoms with E-state index in [4.69, 9.17) is 4.74 Å². The standard InChI is InChI=1S/C14H13BrN2O2/c1-10(19-13-4-2-11(15)3-5-13)14(18)17-12-6-8-16-9-7-12/h2-10H,1H3,(H,16,17,18)/t10-/m1/s1. The van der Waals surface area contributed by atoms with Gasteiger partial charge in [-0.25, -0.2) is 0 Å². The predicted octanol–water partition coefficient (Wildman–Crippen LogP) is 3.25. The number of halogens is 1. The summed E-state index contributed by atoms with van der Waals surface area (Å²) < 4.78 is 6.52. The van der Waals surface area contributed by atoms with Crippen molar-refractivity contribution >= 4 is 27.5 Å². The van der Waals surface area contributed by atoms with Crippen LogP contribution in [0.4, 0.5) is 5.69 Å². The van der Waals surface area contributed by atoms with Crippen LogP contribution >= 0.6 is 15.9 Å². The SMILES string of the molecule is C[C@@H](Oc1ccc(Br)cc1)C(=O)Nc1ccncc1. The van der Waals surface area contributed by atoms with E-state index >= 15 is 0 Å². The molecule has 4 nitrogen and oxygen atoms in total. The molecule has 1 aromatic carbocycles. The van der Waals surface area contributed by atoms with E-state index in [9.17, 15) is 4.79 Å². The first-order chi connectivity index (χ1) is 9.15. The number of carbonyl (C=O) groups is 1. The highest BCUT2D eigenvalue weighted by Crippen LogP contribution is 2.17. The first kappa shape index (κ1) is 13.5. The zero-order valence-corrected chi connectivity index (χ0v) is 11.9. The van der Waals surface area contributed by atoms with E-state index in [-0.39, 0.29) is 5.91 Å². The van der Waals surface area contributed by atoms with Gasteiger partial charge in [-0.15, -0.1) is 0 Å². The van der Waals surface area contributed by atoms with Gasteiger partial charge in [-0.3, -0.25) is 9.78 Å². The average molecular weight is 321 g/mol. The molecule has 0 aliphatic heterocycles. The Kier molecular flexibility index (Phi) is 4.52. The van der Waals surface area contributed by atoms with Crippen LogP contribution in [0.25, 0.3) is 0 Å². The van der Waals surface area contributed by atoms with Gasteiger partial charge in [0.25, 0.3) is 5.91 Å². The van der Waals surface area contributed by atoms with Crippen LogP contribution in [-0.2, 0) is 4.79 Å². The third kappa shape index (κ3) is 4.06. The molecule has 1 amide bonds. The van der Waals surface area contributed by atoms with E-state index in [1.54, 1.807) is 43.6 Å². The number of ether oxygens (including phenoxy) is 1. The second-order valence-corrected chi connectivity index (χ2v) is 4.85. The molecule has 98 valence electrons. The minimum atomic E-state index is -0.575. The Morgan fingerprint density at radius 3 is 2.47 bits per heavy atom. The van der Waals surface area contributed by atoms with Crippen LogP contribution in [0.1, 0.15) is 6.92 Å². The second kappa shape index (κ2) is 6.33. The van der Waals surface area contributed by atoms with Crippen LogP contribution in [0.15, 0.2) is 53.3 Å². The van der Waals surface area contributed by atoms with Crippen LogP contribution in [0, 0.1) is 0 Å². The third-order valence-electron chi connectivity index (χ3n) is 2.44. The molecule has 0 fully saturated rings. The number of anilines is 1. The topological polar surface area (TPSA) is 51.2 Å². The Balaban J connectivity index is 1.94. The number of benzene rings is 1. The van der Waals surface area contributed by atoms with Crippen molar-refractivity contribution < 1.29 is 9.53 Å². The van der Waals surface area contributed by atoms with E-state index in [2.05, 4.69) is 26.2 Å². The summed E-state index contributed by atoms with van der Waals surface area (Å²) in [5, 5.41) is 2.76.